The van der Waals surface area contributed by atoms with Crippen molar-refractivity contribution in [3.05, 3.63) is 0 Å². The summed E-state index contributed by atoms with van der Waals surface area (Å²) < 4.78 is 0. The largest absolute Gasteiger partial charge is 0.298 e. The summed E-state index contributed by atoms with van der Waals surface area (Å²) in [6.45, 7) is 12.6. The average Bonchev–Trinajstić information content (AvgIpc) is 2.46. The smallest absolute Gasteiger partial charge is 0.0602 e. The maximum absolute atomic E-state index is 3.19. The number of piperazine rings is 1. The van der Waals surface area contributed by atoms with Gasteiger partial charge in [0.1, 0.15) is 0 Å². The van der Waals surface area contributed by atoms with Crippen LogP contribution in [0.25, 0.3) is 0 Å². The van der Waals surface area contributed by atoms with Crippen LogP contribution in [0, 0.1) is 23.7 Å². The fourth-order valence-electron chi connectivity index (χ4n) is 3.59. The molecular formula is C17H30N2. The minimum absolute atomic E-state index is 0.784. The van der Waals surface area contributed by atoms with Crippen LogP contribution in [0.15, 0.2) is 0 Å². The van der Waals surface area contributed by atoms with Gasteiger partial charge in [0.2, 0.25) is 0 Å². The van der Waals surface area contributed by atoms with E-state index >= 15 is 0 Å². The fourth-order valence-corrected chi connectivity index (χ4v) is 3.59. The van der Waals surface area contributed by atoms with Gasteiger partial charge in [-0.3, -0.25) is 9.80 Å². The maximum atomic E-state index is 3.19. The summed E-state index contributed by atoms with van der Waals surface area (Å²) in [6.07, 6.45) is 5.79. The van der Waals surface area contributed by atoms with Crippen LogP contribution in [0.3, 0.4) is 0 Å². The maximum Gasteiger partial charge on any atom is 0.0602 e. The van der Waals surface area contributed by atoms with Crippen LogP contribution in [0.1, 0.15) is 46.5 Å². The summed E-state index contributed by atoms with van der Waals surface area (Å²) in [7, 11) is 0. The number of hydrogen-bond acceptors (Lipinski definition) is 2. The Morgan fingerprint density at radius 3 is 2.26 bits per heavy atom. The van der Waals surface area contributed by atoms with Crippen molar-refractivity contribution in [2.75, 3.05) is 32.7 Å². The lowest BCUT2D eigenvalue weighted by molar-refractivity contribution is 0.0674. The molecule has 2 fully saturated rings. The standard InChI is InChI=1S/C17H30N2/c1-4-5-10-18-11-13-19(14-12-18)16(3)17-8-6-15(2)7-9-17/h15-17H,6-14H2,1-3H3. The zero-order valence-corrected chi connectivity index (χ0v) is 13.0. The fraction of sp³-hybridized carbons (Fsp3) is 0.882. The van der Waals surface area contributed by atoms with Gasteiger partial charge in [-0.25, -0.2) is 0 Å². The van der Waals surface area contributed by atoms with E-state index in [1.54, 1.807) is 0 Å². The minimum Gasteiger partial charge on any atom is -0.298 e. The molecule has 1 saturated carbocycles. The Bertz CT molecular complexity index is 312. The van der Waals surface area contributed by atoms with Gasteiger partial charge < -0.3 is 0 Å². The predicted octanol–water partition coefficient (Wildman–Crippen LogP) is 2.84. The highest BCUT2D eigenvalue weighted by molar-refractivity contribution is 4.98. The third-order valence-electron chi connectivity index (χ3n) is 5.21. The molecule has 2 heteroatoms. The second-order valence-corrected chi connectivity index (χ2v) is 6.50. The normalized spacial score (nSPS) is 31.5. The van der Waals surface area contributed by atoms with E-state index in [-0.39, 0.29) is 0 Å². The topological polar surface area (TPSA) is 6.48 Å². The number of rotatable bonds is 3. The van der Waals surface area contributed by atoms with E-state index in [9.17, 15) is 0 Å². The van der Waals surface area contributed by atoms with E-state index in [1.165, 1.54) is 51.9 Å². The molecule has 1 heterocycles. The number of nitrogens with zero attached hydrogens (tertiary/aromatic N) is 2. The molecule has 0 aromatic heterocycles. The molecule has 0 radical (unpaired) electrons. The highest BCUT2D eigenvalue weighted by Gasteiger charge is 2.28. The SMILES string of the molecule is CC#CCN1CCN(C(C)C2CCC(C)CC2)CC1. The van der Waals surface area contributed by atoms with Crippen molar-refractivity contribution in [2.45, 2.75) is 52.5 Å². The van der Waals surface area contributed by atoms with Crippen LogP contribution in [0.2, 0.25) is 0 Å². The van der Waals surface area contributed by atoms with Gasteiger partial charge in [0, 0.05) is 32.2 Å². The lowest BCUT2D eigenvalue weighted by Crippen LogP contribution is -2.51. The third-order valence-corrected chi connectivity index (χ3v) is 5.21. The van der Waals surface area contributed by atoms with Gasteiger partial charge in [-0.05, 0) is 38.5 Å². The molecule has 0 spiro atoms. The Balaban J connectivity index is 1.75. The minimum atomic E-state index is 0.784. The van der Waals surface area contributed by atoms with E-state index in [1.807, 2.05) is 6.92 Å². The van der Waals surface area contributed by atoms with E-state index in [0.717, 1.165) is 24.4 Å². The van der Waals surface area contributed by atoms with Gasteiger partial charge in [0.15, 0.2) is 0 Å². The molecule has 1 aliphatic heterocycles. The Hall–Kier alpha value is -0.520. The molecule has 1 unspecified atom stereocenters. The van der Waals surface area contributed by atoms with Crippen LogP contribution in [-0.4, -0.2) is 48.6 Å². The summed E-state index contributed by atoms with van der Waals surface area (Å²) in [6, 6.07) is 0.784. The number of hydrogen-bond donors (Lipinski definition) is 0. The molecule has 1 atom stereocenters. The summed E-state index contributed by atoms with van der Waals surface area (Å²) in [5.41, 5.74) is 0. The molecular weight excluding hydrogens is 232 g/mol. The molecule has 1 aliphatic carbocycles. The second kappa shape index (κ2) is 7.31. The van der Waals surface area contributed by atoms with Crippen molar-refractivity contribution < 1.29 is 0 Å². The summed E-state index contributed by atoms with van der Waals surface area (Å²) in [5.74, 6) is 8.10. The van der Waals surface area contributed by atoms with Gasteiger partial charge in [-0.2, -0.15) is 0 Å². The van der Waals surface area contributed by atoms with Gasteiger partial charge in [0.05, 0.1) is 6.54 Å². The molecule has 2 nitrogen and oxygen atoms in total. The predicted molar refractivity (Wildman–Crippen MR) is 82.0 cm³/mol. The molecule has 1 saturated heterocycles. The lowest BCUT2D eigenvalue weighted by Gasteiger charge is -2.42. The first-order valence-corrected chi connectivity index (χ1v) is 8.06. The summed E-state index contributed by atoms with van der Waals surface area (Å²) in [5, 5.41) is 0. The van der Waals surface area contributed by atoms with E-state index < -0.39 is 0 Å². The summed E-state index contributed by atoms with van der Waals surface area (Å²) >= 11 is 0. The first-order chi connectivity index (χ1) is 9.20. The molecule has 19 heavy (non-hydrogen) atoms. The molecule has 2 aliphatic rings. The van der Waals surface area contributed by atoms with Gasteiger partial charge in [0.25, 0.3) is 0 Å². The van der Waals surface area contributed by atoms with Gasteiger partial charge in [-0.15, -0.1) is 5.92 Å². The molecule has 0 aromatic rings. The van der Waals surface area contributed by atoms with Crippen LogP contribution >= 0.6 is 0 Å². The van der Waals surface area contributed by atoms with E-state index in [2.05, 4.69) is 35.5 Å². The Labute approximate surface area is 119 Å². The van der Waals surface area contributed by atoms with E-state index in [4.69, 9.17) is 0 Å². The van der Waals surface area contributed by atoms with Crippen LogP contribution in [0.5, 0.6) is 0 Å². The molecule has 108 valence electrons. The zero-order chi connectivity index (χ0) is 13.7. The summed E-state index contributed by atoms with van der Waals surface area (Å²) in [4.78, 5) is 5.21. The van der Waals surface area contributed by atoms with Crippen LogP contribution in [-0.2, 0) is 0 Å². The van der Waals surface area contributed by atoms with Gasteiger partial charge >= 0.3 is 0 Å². The third kappa shape index (κ3) is 4.23. The first kappa shape index (κ1) is 14.9. The highest BCUT2D eigenvalue weighted by atomic mass is 15.3. The molecule has 0 bridgehead atoms. The first-order valence-electron chi connectivity index (χ1n) is 8.06. The Morgan fingerprint density at radius 1 is 1.05 bits per heavy atom. The van der Waals surface area contributed by atoms with Crippen LogP contribution < -0.4 is 0 Å². The quantitative estimate of drug-likeness (QED) is 0.722. The van der Waals surface area contributed by atoms with Crippen LogP contribution in [0.4, 0.5) is 0 Å². The second-order valence-electron chi connectivity index (χ2n) is 6.50. The zero-order valence-electron chi connectivity index (χ0n) is 13.0. The van der Waals surface area contributed by atoms with Crippen molar-refractivity contribution >= 4 is 0 Å². The molecule has 0 aromatic carbocycles. The average molecular weight is 262 g/mol. The molecule has 0 N–H and O–H groups in total. The molecule has 0 amide bonds. The van der Waals surface area contributed by atoms with E-state index in [0.29, 0.717) is 0 Å². The van der Waals surface area contributed by atoms with Crippen molar-refractivity contribution in [2.24, 2.45) is 11.8 Å². The Kier molecular flexibility index (Phi) is 5.73. The monoisotopic (exact) mass is 262 g/mol. The lowest BCUT2D eigenvalue weighted by atomic mass is 9.79. The van der Waals surface area contributed by atoms with Gasteiger partial charge in [-0.1, -0.05) is 25.7 Å². The van der Waals surface area contributed by atoms with Crippen molar-refractivity contribution in [1.82, 2.24) is 9.80 Å². The van der Waals surface area contributed by atoms with Crippen molar-refractivity contribution in [3.63, 3.8) is 0 Å². The van der Waals surface area contributed by atoms with Crippen molar-refractivity contribution in [1.29, 1.82) is 0 Å². The van der Waals surface area contributed by atoms with Crippen molar-refractivity contribution in [3.8, 4) is 11.8 Å². The highest BCUT2D eigenvalue weighted by Crippen LogP contribution is 2.32. The molecule has 2 rings (SSSR count). The Morgan fingerprint density at radius 2 is 1.68 bits per heavy atom.